The highest BCUT2D eigenvalue weighted by Gasteiger charge is 2.21. The van der Waals surface area contributed by atoms with Gasteiger partial charge in [-0.2, -0.15) is 4.52 Å². The number of nitrogens with zero attached hydrogens (tertiary/aromatic N) is 5. The number of sulfone groups is 1. The summed E-state index contributed by atoms with van der Waals surface area (Å²) in [4.78, 5) is 18.5. The van der Waals surface area contributed by atoms with Crippen LogP contribution < -0.4 is 5.56 Å². The molecule has 0 aliphatic carbocycles. The van der Waals surface area contributed by atoms with Crippen LogP contribution in [0.4, 0.5) is 0 Å². The number of fused-ring (bicyclic) bond motifs is 2. The monoisotopic (exact) mass is 496 g/mol. The van der Waals surface area contributed by atoms with E-state index in [1.54, 1.807) is 18.3 Å². The van der Waals surface area contributed by atoms with Crippen LogP contribution >= 0.6 is 0 Å². The highest BCUT2D eigenvalue weighted by atomic mass is 32.2. The van der Waals surface area contributed by atoms with Gasteiger partial charge in [-0.1, -0.05) is 54.6 Å². The molecule has 0 amide bonds. The lowest BCUT2D eigenvalue weighted by Gasteiger charge is -2.09. The molecule has 3 aromatic carbocycles. The summed E-state index contributed by atoms with van der Waals surface area (Å²) in [5.74, 6) is 0.431. The minimum atomic E-state index is -3.31. The number of imidazole rings is 1. The molecule has 0 bridgehead atoms. The van der Waals surface area contributed by atoms with Gasteiger partial charge in [-0.05, 0) is 35.4 Å². The Hall–Kier alpha value is -4.57. The molecular weight excluding hydrogens is 476 g/mol. The molecular formula is C26H20N6O3S. The van der Waals surface area contributed by atoms with Gasteiger partial charge in [-0.3, -0.25) is 9.89 Å². The average molecular weight is 497 g/mol. The van der Waals surface area contributed by atoms with Crippen LogP contribution in [0, 0.1) is 0 Å². The molecule has 0 saturated heterocycles. The molecule has 3 heterocycles. The summed E-state index contributed by atoms with van der Waals surface area (Å²) in [5.41, 5.74) is 4.12. The topological polar surface area (TPSA) is 115 Å². The maximum Gasteiger partial charge on any atom is 0.302 e. The number of hydrogen-bond acceptors (Lipinski definition) is 6. The van der Waals surface area contributed by atoms with Crippen molar-refractivity contribution >= 4 is 26.5 Å². The van der Waals surface area contributed by atoms with Crippen LogP contribution in [0.15, 0.2) is 94.7 Å². The first kappa shape index (κ1) is 21.9. The zero-order valence-corrected chi connectivity index (χ0v) is 20.0. The lowest BCUT2D eigenvalue weighted by atomic mass is 10.1. The van der Waals surface area contributed by atoms with Gasteiger partial charge >= 0.3 is 5.56 Å². The third-order valence-corrected chi connectivity index (χ3v) is 7.21. The molecule has 178 valence electrons. The van der Waals surface area contributed by atoms with Crippen LogP contribution in [-0.4, -0.2) is 44.0 Å². The summed E-state index contributed by atoms with van der Waals surface area (Å²) in [6.45, 7) is 0.517. The van der Waals surface area contributed by atoms with Gasteiger partial charge in [0.15, 0.2) is 27.0 Å². The Kier molecular flexibility index (Phi) is 5.04. The Morgan fingerprint density at radius 3 is 2.36 bits per heavy atom. The molecule has 0 spiro atoms. The van der Waals surface area contributed by atoms with Gasteiger partial charge in [0.1, 0.15) is 0 Å². The molecule has 6 aromatic rings. The van der Waals surface area contributed by atoms with E-state index in [0.29, 0.717) is 29.1 Å². The molecule has 3 aromatic heterocycles. The number of benzene rings is 3. The summed E-state index contributed by atoms with van der Waals surface area (Å²) >= 11 is 0. The summed E-state index contributed by atoms with van der Waals surface area (Å²) in [6.07, 6.45) is 2.81. The summed E-state index contributed by atoms with van der Waals surface area (Å²) < 4.78 is 26.9. The van der Waals surface area contributed by atoms with Crippen molar-refractivity contribution in [3.63, 3.8) is 0 Å². The second-order valence-corrected chi connectivity index (χ2v) is 10.5. The molecule has 0 aliphatic rings. The van der Waals surface area contributed by atoms with Crippen molar-refractivity contribution in [1.82, 2.24) is 29.4 Å². The zero-order chi connectivity index (χ0) is 24.9. The van der Waals surface area contributed by atoms with E-state index in [1.807, 2.05) is 59.2 Å². The van der Waals surface area contributed by atoms with Crippen molar-refractivity contribution in [2.24, 2.45) is 0 Å². The van der Waals surface area contributed by atoms with Crippen LogP contribution in [-0.2, 0) is 16.4 Å². The highest BCUT2D eigenvalue weighted by molar-refractivity contribution is 7.90. The number of para-hydroxylation sites is 2. The van der Waals surface area contributed by atoms with E-state index in [0.717, 1.165) is 22.9 Å². The minimum absolute atomic E-state index is 0.125. The van der Waals surface area contributed by atoms with Gasteiger partial charge in [-0.15, -0.1) is 10.2 Å². The molecule has 9 nitrogen and oxygen atoms in total. The number of aromatic amines is 1. The maximum absolute atomic E-state index is 13.5. The first-order chi connectivity index (χ1) is 17.4. The fraction of sp³-hybridized carbons (Fsp3) is 0.0769. The van der Waals surface area contributed by atoms with E-state index in [9.17, 15) is 13.2 Å². The summed E-state index contributed by atoms with van der Waals surface area (Å²) in [5, 5.41) is 11.6. The first-order valence-electron chi connectivity index (χ1n) is 11.2. The normalized spacial score (nSPS) is 11.9. The second kappa shape index (κ2) is 8.28. The number of hydrogen-bond donors (Lipinski definition) is 1. The molecule has 1 N–H and O–H groups in total. The lowest BCUT2D eigenvalue weighted by Crippen LogP contribution is -2.21. The van der Waals surface area contributed by atoms with Gasteiger partial charge in [-0.25, -0.2) is 13.4 Å². The van der Waals surface area contributed by atoms with Crippen molar-refractivity contribution in [3.05, 3.63) is 101 Å². The smallest absolute Gasteiger partial charge is 0.302 e. The highest BCUT2D eigenvalue weighted by Crippen LogP contribution is 2.26. The van der Waals surface area contributed by atoms with Crippen molar-refractivity contribution < 1.29 is 8.42 Å². The maximum atomic E-state index is 13.5. The van der Waals surface area contributed by atoms with Gasteiger partial charge < -0.3 is 4.57 Å². The third-order valence-electron chi connectivity index (χ3n) is 6.08. The second-order valence-electron chi connectivity index (χ2n) is 8.49. The van der Waals surface area contributed by atoms with E-state index in [4.69, 9.17) is 4.98 Å². The molecule has 0 atom stereocenters. The SMILES string of the molecule is CS(=O)(=O)c1ccc(-c2c[nH]n3c(=O)c(-c4nc5ccccc5n4Cc4ccccc4)nnc23)cc1. The fourth-order valence-corrected chi connectivity index (χ4v) is 4.92. The molecule has 0 saturated carbocycles. The number of aromatic nitrogens is 6. The fourth-order valence-electron chi connectivity index (χ4n) is 4.29. The van der Waals surface area contributed by atoms with Gasteiger partial charge in [0.2, 0.25) is 0 Å². The first-order valence-corrected chi connectivity index (χ1v) is 13.1. The van der Waals surface area contributed by atoms with E-state index >= 15 is 0 Å². The quantitative estimate of drug-likeness (QED) is 0.390. The average Bonchev–Trinajstić information content (AvgIpc) is 3.47. The Morgan fingerprint density at radius 1 is 0.889 bits per heavy atom. The van der Waals surface area contributed by atoms with Crippen molar-refractivity contribution in [3.8, 4) is 22.6 Å². The Balaban J connectivity index is 1.48. The van der Waals surface area contributed by atoms with Crippen LogP contribution in [0.5, 0.6) is 0 Å². The van der Waals surface area contributed by atoms with Gasteiger partial charge in [0, 0.05) is 24.6 Å². The van der Waals surface area contributed by atoms with Crippen LogP contribution in [0.1, 0.15) is 5.56 Å². The molecule has 0 aliphatic heterocycles. The molecule has 36 heavy (non-hydrogen) atoms. The Labute approximate surface area is 205 Å². The largest absolute Gasteiger partial charge is 0.318 e. The third kappa shape index (κ3) is 3.68. The van der Waals surface area contributed by atoms with Crippen molar-refractivity contribution in [2.75, 3.05) is 6.26 Å². The number of nitrogens with one attached hydrogen (secondary N) is 1. The zero-order valence-electron chi connectivity index (χ0n) is 19.2. The molecule has 0 fully saturated rings. The van der Waals surface area contributed by atoms with Gasteiger partial charge in [0.25, 0.3) is 0 Å². The van der Waals surface area contributed by atoms with E-state index in [2.05, 4.69) is 15.3 Å². The molecule has 0 unspecified atom stereocenters. The van der Waals surface area contributed by atoms with E-state index in [-0.39, 0.29) is 16.1 Å². The van der Waals surface area contributed by atoms with E-state index < -0.39 is 9.84 Å². The molecule has 10 heteroatoms. The van der Waals surface area contributed by atoms with Gasteiger partial charge in [0.05, 0.1) is 15.9 Å². The molecule has 6 rings (SSSR count). The minimum Gasteiger partial charge on any atom is -0.318 e. The molecule has 0 radical (unpaired) electrons. The summed E-state index contributed by atoms with van der Waals surface area (Å²) in [7, 11) is -3.31. The van der Waals surface area contributed by atoms with Crippen LogP contribution in [0.3, 0.4) is 0 Å². The standard InChI is InChI=1S/C26H20N6O3S/c1-36(34,35)19-13-11-18(12-14-19)20-15-27-32-24(20)30-29-23(26(32)33)25-28-21-9-5-6-10-22(21)31(25)16-17-7-3-2-4-8-17/h2-15,27H,16H2,1H3. The summed E-state index contributed by atoms with van der Waals surface area (Å²) in [6, 6.07) is 24.1. The predicted molar refractivity (Wildman–Crippen MR) is 136 cm³/mol. The van der Waals surface area contributed by atoms with Crippen LogP contribution in [0.25, 0.3) is 39.3 Å². The number of rotatable bonds is 5. The lowest BCUT2D eigenvalue weighted by molar-refractivity contribution is 0.602. The predicted octanol–water partition coefficient (Wildman–Crippen LogP) is 3.55. The Bertz CT molecular complexity index is 1900. The van der Waals surface area contributed by atoms with Crippen molar-refractivity contribution in [2.45, 2.75) is 11.4 Å². The van der Waals surface area contributed by atoms with E-state index in [1.165, 1.54) is 16.6 Å². The van der Waals surface area contributed by atoms with Crippen LogP contribution in [0.2, 0.25) is 0 Å². The van der Waals surface area contributed by atoms with Crippen molar-refractivity contribution in [1.29, 1.82) is 0 Å². The number of H-pyrrole nitrogens is 1. The Morgan fingerprint density at radius 2 is 1.61 bits per heavy atom.